The van der Waals surface area contributed by atoms with E-state index in [1.54, 1.807) is 0 Å². The van der Waals surface area contributed by atoms with E-state index >= 15 is 0 Å². The fourth-order valence-electron chi connectivity index (χ4n) is 0.951. The quantitative estimate of drug-likeness (QED) is 0.709. The minimum atomic E-state index is 0.754. The second kappa shape index (κ2) is 4.52. The third-order valence-electron chi connectivity index (χ3n) is 1.86. The van der Waals surface area contributed by atoms with E-state index in [1.807, 2.05) is 29.7 Å². The molecule has 0 fully saturated rings. The van der Waals surface area contributed by atoms with Gasteiger partial charge in [-0.25, -0.2) is 0 Å². The Morgan fingerprint density at radius 1 is 1.67 bits per heavy atom. The van der Waals surface area contributed by atoms with Crippen molar-refractivity contribution in [2.45, 2.75) is 12.7 Å². The first kappa shape index (κ1) is 9.61. The zero-order chi connectivity index (χ0) is 8.97. The minimum absolute atomic E-state index is 0.754. The van der Waals surface area contributed by atoms with Crippen molar-refractivity contribution in [3.8, 4) is 0 Å². The third kappa shape index (κ3) is 2.25. The highest BCUT2D eigenvalue weighted by Crippen LogP contribution is 2.14. The molecule has 0 aliphatic heterocycles. The fourth-order valence-corrected chi connectivity index (χ4v) is 1.77. The Hall–Kier alpha value is -0.480. The summed E-state index contributed by atoms with van der Waals surface area (Å²) >= 11 is 1.86. The minimum Gasteiger partial charge on any atom is -0.330 e. The highest BCUT2D eigenvalue weighted by Gasteiger charge is 2.02. The lowest BCUT2D eigenvalue weighted by molar-refractivity contribution is 0.739. The maximum absolute atomic E-state index is 5.39. The fraction of sp³-hybridized carbons (Fsp3) is 0.625. The molecule has 4 heteroatoms. The number of nitrogens with zero attached hydrogens (tertiary/aromatic N) is 2. The van der Waals surface area contributed by atoms with E-state index in [0.29, 0.717) is 0 Å². The van der Waals surface area contributed by atoms with E-state index < -0.39 is 0 Å². The molecule has 0 bridgehead atoms. The van der Waals surface area contributed by atoms with Crippen LogP contribution in [0.3, 0.4) is 0 Å². The first-order chi connectivity index (χ1) is 5.75. The van der Waals surface area contributed by atoms with Gasteiger partial charge in [0.1, 0.15) is 0 Å². The smallest absolute Gasteiger partial charge is 0.0532 e. The molecular weight excluding hydrogens is 170 g/mol. The van der Waals surface area contributed by atoms with Gasteiger partial charge >= 0.3 is 0 Å². The standard InChI is InChI=1S/C8H15N3S/c1-7-8(5-10-11(7)2)6-12-4-3-9/h5H,3-4,6,9H2,1-2H3. The molecule has 0 saturated carbocycles. The summed E-state index contributed by atoms with van der Waals surface area (Å²) in [5.41, 5.74) is 7.96. The normalized spacial score (nSPS) is 10.6. The van der Waals surface area contributed by atoms with Crippen molar-refractivity contribution in [3.63, 3.8) is 0 Å². The maximum Gasteiger partial charge on any atom is 0.0532 e. The van der Waals surface area contributed by atoms with Crippen LogP contribution in [-0.4, -0.2) is 22.1 Å². The van der Waals surface area contributed by atoms with Crippen LogP contribution in [0.2, 0.25) is 0 Å². The molecule has 3 nitrogen and oxygen atoms in total. The zero-order valence-corrected chi connectivity index (χ0v) is 8.40. The topological polar surface area (TPSA) is 43.8 Å². The van der Waals surface area contributed by atoms with Gasteiger partial charge in [0.2, 0.25) is 0 Å². The van der Waals surface area contributed by atoms with Crippen LogP contribution in [0.4, 0.5) is 0 Å². The van der Waals surface area contributed by atoms with Crippen LogP contribution in [0, 0.1) is 6.92 Å². The molecule has 1 rings (SSSR count). The number of nitrogens with two attached hydrogens (primary N) is 1. The predicted octanol–water partition coefficient (Wildman–Crippen LogP) is 0.920. The molecule has 0 atom stereocenters. The van der Waals surface area contributed by atoms with Crippen molar-refractivity contribution in [1.29, 1.82) is 0 Å². The van der Waals surface area contributed by atoms with Crippen LogP contribution in [-0.2, 0) is 12.8 Å². The SMILES string of the molecule is Cc1c(CSCCN)cnn1C. The summed E-state index contributed by atoms with van der Waals surface area (Å²) in [6.45, 7) is 2.84. The number of aromatic nitrogens is 2. The van der Waals surface area contributed by atoms with Crippen molar-refractivity contribution in [2.24, 2.45) is 12.8 Å². The third-order valence-corrected chi connectivity index (χ3v) is 2.90. The van der Waals surface area contributed by atoms with Crippen molar-refractivity contribution in [3.05, 3.63) is 17.5 Å². The lowest BCUT2D eigenvalue weighted by Gasteiger charge is -1.99. The summed E-state index contributed by atoms with van der Waals surface area (Å²) in [6.07, 6.45) is 1.93. The average molecular weight is 185 g/mol. The summed E-state index contributed by atoms with van der Waals surface area (Å²) in [5, 5.41) is 4.17. The number of rotatable bonds is 4. The van der Waals surface area contributed by atoms with Gasteiger partial charge in [-0.2, -0.15) is 16.9 Å². The van der Waals surface area contributed by atoms with E-state index in [2.05, 4.69) is 12.0 Å². The largest absolute Gasteiger partial charge is 0.330 e. The monoisotopic (exact) mass is 185 g/mol. The molecule has 1 aromatic rings. The van der Waals surface area contributed by atoms with Gasteiger partial charge in [-0.1, -0.05) is 0 Å². The van der Waals surface area contributed by atoms with Crippen molar-refractivity contribution < 1.29 is 0 Å². The summed E-state index contributed by atoms with van der Waals surface area (Å²) < 4.78 is 1.90. The van der Waals surface area contributed by atoms with Crippen molar-refractivity contribution >= 4 is 11.8 Å². The highest BCUT2D eigenvalue weighted by atomic mass is 32.2. The molecule has 12 heavy (non-hydrogen) atoms. The van der Waals surface area contributed by atoms with E-state index in [9.17, 15) is 0 Å². The Morgan fingerprint density at radius 2 is 2.42 bits per heavy atom. The highest BCUT2D eigenvalue weighted by molar-refractivity contribution is 7.98. The predicted molar refractivity (Wildman–Crippen MR) is 53.2 cm³/mol. The number of aryl methyl sites for hydroxylation is 1. The van der Waals surface area contributed by atoms with Crippen molar-refractivity contribution in [1.82, 2.24) is 9.78 Å². The van der Waals surface area contributed by atoms with Crippen LogP contribution in [0.25, 0.3) is 0 Å². The van der Waals surface area contributed by atoms with Gasteiger partial charge in [0.15, 0.2) is 0 Å². The molecule has 0 unspecified atom stereocenters. The molecule has 0 saturated heterocycles. The van der Waals surface area contributed by atoms with Gasteiger partial charge in [-0.05, 0) is 6.92 Å². The van der Waals surface area contributed by atoms with Gasteiger partial charge in [-0.3, -0.25) is 4.68 Å². The molecule has 1 heterocycles. The van der Waals surface area contributed by atoms with E-state index in [1.165, 1.54) is 11.3 Å². The first-order valence-electron chi connectivity index (χ1n) is 4.01. The number of thioether (sulfide) groups is 1. The Labute approximate surface area is 77.3 Å². The van der Waals surface area contributed by atoms with Gasteiger partial charge < -0.3 is 5.73 Å². The van der Waals surface area contributed by atoms with Crippen LogP contribution in [0.5, 0.6) is 0 Å². The first-order valence-corrected chi connectivity index (χ1v) is 5.16. The van der Waals surface area contributed by atoms with Crippen LogP contribution < -0.4 is 5.73 Å². The molecule has 0 spiro atoms. The molecule has 68 valence electrons. The molecule has 0 aliphatic carbocycles. The summed E-state index contributed by atoms with van der Waals surface area (Å²) in [6, 6.07) is 0. The summed E-state index contributed by atoms with van der Waals surface area (Å²) in [5.74, 6) is 2.05. The van der Waals surface area contributed by atoms with E-state index in [0.717, 1.165) is 18.1 Å². The average Bonchev–Trinajstić information content (AvgIpc) is 2.36. The van der Waals surface area contributed by atoms with E-state index in [-0.39, 0.29) is 0 Å². The van der Waals surface area contributed by atoms with Gasteiger partial charge in [0, 0.05) is 36.4 Å². The molecular formula is C8H15N3S. The Morgan fingerprint density at radius 3 is 2.92 bits per heavy atom. The summed E-state index contributed by atoms with van der Waals surface area (Å²) in [4.78, 5) is 0. The lowest BCUT2D eigenvalue weighted by Crippen LogP contribution is -2.01. The molecule has 0 radical (unpaired) electrons. The molecule has 0 amide bonds. The Bertz CT molecular complexity index is 244. The summed E-state index contributed by atoms with van der Waals surface area (Å²) in [7, 11) is 1.96. The van der Waals surface area contributed by atoms with E-state index in [4.69, 9.17) is 5.73 Å². The lowest BCUT2D eigenvalue weighted by atomic mass is 10.3. The Balaban J connectivity index is 2.46. The molecule has 2 N–H and O–H groups in total. The van der Waals surface area contributed by atoms with Gasteiger partial charge in [0.05, 0.1) is 6.20 Å². The Kier molecular flexibility index (Phi) is 3.62. The van der Waals surface area contributed by atoms with Crippen molar-refractivity contribution in [2.75, 3.05) is 12.3 Å². The zero-order valence-electron chi connectivity index (χ0n) is 7.58. The molecule has 0 aromatic carbocycles. The molecule has 0 aliphatic rings. The number of hydrogen-bond donors (Lipinski definition) is 1. The second-order valence-electron chi connectivity index (χ2n) is 2.72. The molecule has 1 aromatic heterocycles. The van der Waals surface area contributed by atoms with Crippen LogP contribution >= 0.6 is 11.8 Å². The maximum atomic E-state index is 5.39. The van der Waals surface area contributed by atoms with Crippen LogP contribution in [0.15, 0.2) is 6.20 Å². The second-order valence-corrected chi connectivity index (χ2v) is 3.83. The van der Waals surface area contributed by atoms with Crippen LogP contribution in [0.1, 0.15) is 11.3 Å². The van der Waals surface area contributed by atoms with Gasteiger partial charge in [-0.15, -0.1) is 0 Å². The number of hydrogen-bond acceptors (Lipinski definition) is 3. The van der Waals surface area contributed by atoms with Gasteiger partial charge in [0.25, 0.3) is 0 Å².